The van der Waals surface area contributed by atoms with Crippen LogP contribution in [0.3, 0.4) is 0 Å². The Labute approximate surface area is 109 Å². The lowest BCUT2D eigenvalue weighted by Gasteiger charge is -2.08. The van der Waals surface area contributed by atoms with Crippen LogP contribution in [0.4, 0.5) is 0 Å². The van der Waals surface area contributed by atoms with Crippen LogP contribution in [-0.2, 0) is 16.6 Å². The number of aromatic nitrogens is 3. The molecule has 1 aliphatic rings. The third-order valence-corrected chi connectivity index (χ3v) is 5.71. The molecule has 1 aliphatic carbocycles. The second kappa shape index (κ2) is 3.91. The van der Waals surface area contributed by atoms with Gasteiger partial charge in [-0.1, -0.05) is 6.07 Å². The minimum Gasteiger partial charge on any atom is -0.221 e. The first-order valence-corrected chi connectivity index (χ1v) is 7.35. The van der Waals surface area contributed by atoms with Crippen molar-refractivity contribution in [3.05, 3.63) is 30.2 Å². The van der Waals surface area contributed by atoms with Gasteiger partial charge in [0.1, 0.15) is 0 Å². The predicted octanol–water partition coefficient (Wildman–Crippen LogP) is 0.878. The van der Waals surface area contributed by atoms with Crippen LogP contribution in [0.5, 0.6) is 0 Å². The summed E-state index contributed by atoms with van der Waals surface area (Å²) in [6.45, 7) is 0.0541. The predicted molar refractivity (Wildman–Crippen MR) is 66.6 cm³/mol. The molecule has 2 heterocycles. The van der Waals surface area contributed by atoms with Gasteiger partial charge in [-0.05, 0) is 25.0 Å². The van der Waals surface area contributed by atoms with Crippen LogP contribution in [0.1, 0.15) is 18.7 Å². The van der Waals surface area contributed by atoms with Gasteiger partial charge in [-0.15, -0.1) is 16.7 Å². The first-order valence-electron chi connectivity index (χ1n) is 5.49. The molecule has 0 unspecified atom stereocenters. The molecule has 2 aromatic heterocycles. The molecule has 0 aliphatic heterocycles. The molecule has 0 amide bonds. The Hall–Kier alpha value is -1.18. The summed E-state index contributed by atoms with van der Waals surface area (Å²) in [6, 6.07) is 5.47. The Bertz CT molecular complexity index is 660. The summed E-state index contributed by atoms with van der Waals surface area (Å²) >= 11 is 5.88. The summed E-state index contributed by atoms with van der Waals surface area (Å²) in [7, 11) is -3.50. The fourth-order valence-corrected chi connectivity index (χ4v) is 3.08. The second-order valence-corrected chi connectivity index (χ2v) is 7.26. The van der Waals surface area contributed by atoms with E-state index in [9.17, 15) is 8.42 Å². The smallest absolute Gasteiger partial charge is 0.221 e. The van der Waals surface area contributed by atoms with Crippen molar-refractivity contribution in [1.82, 2.24) is 19.3 Å². The molecule has 6 nitrogen and oxygen atoms in total. The molecule has 1 N–H and O–H groups in total. The van der Waals surface area contributed by atoms with Crippen molar-refractivity contribution in [2.45, 2.75) is 23.6 Å². The molecule has 0 radical (unpaired) electrons. The number of fused-ring (bicyclic) bond motifs is 1. The van der Waals surface area contributed by atoms with E-state index < -0.39 is 14.2 Å². The van der Waals surface area contributed by atoms with Gasteiger partial charge in [-0.2, -0.15) is 0 Å². The van der Waals surface area contributed by atoms with Crippen molar-refractivity contribution >= 4 is 27.3 Å². The van der Waals surface area contributed by atoms with E-state index in [0.29, 0.717) is 24.3 Å². The topological polar surface area (TPSA) is 76.4 Å². The highest BCUT2D eigenvalue weighted by Crippen LogP contribution is 2.46. The number of halogens is 1. The van der Waals surface area contributed by atoms with E-state index in [2.05, 4.69) is 14.8 Å². The summed E-state index contributed by atoms with van der Waals surface area (Å²) in [5.74, 6) is 0.422. The number of hydrogen-bond acceptors (Lipinski definition) is 4. The van der Waals surface area contributed by atoms with E-state index in [0.717, 1.165) is 0 Å². The maximum Gasteiger partial charge on any atom is 0.231 e. The minimum atomic E-state index is -3.50. The standard InChI is InChI=1S/C10H11ClN4O2S/c11-10(4-5-10)18(16,17)12-7-8-13-9-3-1-2-6-15(9)14-8/h1-3,6,12H,4-5,7H2. The molecule has 3 rings (SSSR count). The van der Waals surface area contributed by atoms with Crippen molar-refractivity contribution in [3.8, 4) is 0 Å². The summed E-state index contributed by atoms with van der Waals surface area (Å²) in [5, 5.41) is 4.15. The van der Waals surface area contributed by atoms with Crippen molar-refractivity contribution in [3.63, 3.8) is 0 Å². The Balaban J connectivity index is 1.77. The molecule has 96 valence electrons. The lowest BCUT2D eigenvalue weighted by molar-refractivity contribution is 0.574. The first kappa shape index (κ1) is 11.9. The molecular weight excluding hydrogens is 276 g/mol. The molecule has 0 spiro atoms. The summed E-state index contributed by atoms with van der Waals surface area (Å²) in [4.78, 5) is 4.20. The van der Waals surface area contributed by atoms with Gasteiger partial charge in [-0.3, -0.25) is 0 Å². The Morgan fingerprint density at radius 3 is 2.89 bits per heavy atom. The van der Waals surface area contributed by atoms with E-state index in [1.54, 1.807) is 16.8 Å². The number of pyridine rings is 1. The van der Waals surface area contributed by atoms with Crippen molar-refractivity contribution in [2.75, 3.05) is 0 Å². The van der Waals surface area contributed by atoms with Crippen LogP contribution in [0.25, 0.3) is 5.65 Å². The van der Waals surface area contributed by atoms with Crippen molar-refractivity contribution < 1.29 is 8.42 Å². The molecular formula is C10H11ClN4O2S. The van der Waals surface area contributed by atoms with Crippen molar-refractivity contribution in [2.24, 2.45) is 0 Å². The molecule has 0 atom stereocenters. The van der Waals surface area contributed by atoms with E-state index in [1.807, 2.05) is 12.1 Å². The highest BCUT2D eigenvalue weighted by Gasteiger charge is 2.53. The summed E-state index contributed by atoms with van der Waals surface area (Å²) < 4.78 is 26.5. The van der Waals surface area contributed by atoms with Gasteiger partial charge in [0.15, 0.2) is 15.7 Å². The summed E-state index contributed by atoms with van der Waals surface area (Å²) in [6.07, 6.45) is 2.73. The molecule has 1 fully saturated rings. The molecule has 18 heavy (non-hydrogen) atoms. The molecule has 0 aromatic carbocycles. The molecule has 8 heteroatoms. The highest BCUT2D eigenvalue weighted by molar-refractivity contribution is 7.92. The third kappa shape index (κ3) is 1.98. The molecule has 2 aromatic rings. The number of nitrogens with one attached hydrogen (secondary N) is 1. The van der Waals surface area contributed by atoms with E-state index in [-0.39, 0.29) is 6.54 Å². The normalized spacial score (nSPS) is 18.1. The van der Waals surface area contributed by atoms with Crippen LogP contribution in [0.2, 0.25) is 0 Å². The average molecular weight is 287 g/mol. The largest absolute Gasteiger partial charge is 0.231 e. The molecule has 0 bridgehead atoms. The van der Waals surface area contributed by atoms with Crippen LogP contribution >= 0.6 is 11.6 Å². The fourth-order valence-electron chi connectivity index (χ4n) is 1.61. The lowest BCUT2D eigenvalue weighted by Crippen LogP contribution is -2.32. The maximum atomic E-state index is 11.8. The van der Waals surface area contributed by atoms with Gasteiger partial charge in [-0.25, -0.2) is 22.6 Å². The number of nitrogens with zero attached hydrogens (tertiary/aromatic N) is 3. The van der Waals surface area contributed by atoms with Gasteiger partial charge >= 0.3 is 0 Å². The first-order chi connectivity index (χ1) is 8.50. The maximum absolute atomic E-state index is 11.8. The SMILES string of the molecule is O=S(=O)(NCc1nc2ccccn2n1)C1(Cl)CC1. The van der Waals surface area contributed by atoms with Gasteiger partial charge in [0.2, 0.25) is 10.0 Å². The second-order valence-electron chi connectivity index (χ2n) is 4.24. The van der Waals surface area contributed by atoms with Crippen LogP contribution in [0, 0.1) is 0 Å². The number of rotatable bonds is 4. The number of sulfonamides is 1. The monoisotopic (exact) mass is 286 g/mol. The fraction of sp³-hybridized carbons (Fsp3) is 0.400. The van der Waals surface area contributed by atoms with E-state index >= 15 is 0 Å². The van der Waals surface area contributed by atoms with Gasteiger partial charge in [0.05, 0.1) is 6.54 Å². The number of hydrogen-bond donors (Lipinski definition) is 1. The number of alkyl halides is 1. The Kier molecular flexibility index (Phi) is 2.58. The average Bonchev–Trinajstić information content (AvgIpc) is 2.96. The van der Waals surface area contributed by atoms with Crippen molar-refractivity contribution in [1.29, 1.82) is 0 Å². The van der Waals surface area contributed by atoms with Gasteiger partial charge in [0.25, 0.3) is 0 Å². The minimum absolute atomic E-state index is 0.0541. The molecule has 0 saturated heterocycles. The molecule has 1 saturated carbocycles. The zero-order valence-corrected chi connectivity index (χ0v) is 10.9. The van der Waals surface area contributed by atoms with Gasteiger partial charge in [0, 0.05) is 6.20 Å². The van der Waals surface area contributed by atoms with E-state index in [4.69, 9.17) is 11.6 Å². The van der Waals surface area contributed by atoms with Crippen LogP contribution < -0.4 is 4.72 Å². The van der Waals surface area contributed by atoms with Crippen LogP contribution in [0.15, 0.2) is 24.4 Å². The Morgan fingerprint density at radius 1 is 1.44 bits per heavy atom. The Morgan fingerprint density at radius 2 is 2.22 bits per heavy atom. The highest BCUT2D eigenvalue weighted by atomic mass is 35.5. The quantitative estimate of drug-likeness (QED) is 0.847. The zero-order chi connectivity index (χ0) is 12.8. The van der Waals surface area contributed by atoms with Gasteiger partial charge < -0.3 is 0 Å². The summed E-state index contributed by atoms with van der Waals surface area (Å²) in [5.41, 5.74) is 0.679. The van der Waals surface area contributed by atoms with E-state index in [1.165, 1.54) is 0 Å². The third-order valence-electron chi connectivity index (χ3n) is 2.83. The zero-order valence-electron chi connectivity index (χ0n) is 9.38. The lowest BCUT2D eigenvalue weighted by atomic mass is 10.5. The van der Waals surface area contributed by atoms with Crippen LogP contribution in [-0.4, -0.2) is 27.2 Å².